The molecular formula is C11H22N2O4. The molecule has 0 saturated heterocycles. The van der Waals surface area contributed by atoms with Gasteiger partial charge in [-0.15, -0.1) is 0 Å². The number of aliphatic hydroxyl groups excluding tert-OH is 1. The number of aliphatic carboxylic acids is 1. The number of carbonyl (C=O) groups excluding carboxylic acids is 1. The van der Waals surface area contributed by atoms with Gasteiger partial charge in [-0.05, 0) is 19.8 Å². The molecule has 0 aromatic carbocycles. The Labute approximate surface area is 101 Å². The number of carboxylic acid groups (broad SMARTS) is 1. The summed E-state index contributed by atoms with van der Waals surface area (Å²) in [6.45, 7) is 3.42. The van der Waals surface area contributed by atoms with Crippen LogP contribution in [0.3, 0.4) is 0 Å². The van der Waals surface area contributed by atoms with Gasteiger partial charge in [0.2, 0.25) is 5.91 Å². The van der Waals surface area contributed by atoms with Crippen molar-refractivity contribution in [1.82, 2.24) is 5.32 Å². The quantitative estimate of drug-likeness (QED) is 0.470. The summed E-state index contributed by atoms with van der Waals surface area (Å²) in [5.74, 6) is -1.78. The molecule has 0 saturated carbocycles. The highest BCUT2D eigenvalue weighted by Gasteiger charge is 2.17. The summed E-state index contributed by atoms with van der Waals surface area (Å²) >= 11 is 0. The average Bonchev–Trinajstić information content (AvgIpc) is 2.24. The molecule has 0 spiro atoms. The number of hydrogen-bond acceptors (Lipinski definition) is 4. The number of amides is 1. The van der Waals surface area contributed by atoms with Crippen LogP contribution in [0.2, 0.25) is 0 Å². The zero-order chi connectivity index (χ0) is 13.4. The van der Waals surface area contributed by atoms with Gasteiger partial charge in [-0.3, -0.25) is 4.79 Å². The fourth-order valence-corrected chi connectivity index (χ4v) is 1.34. The maximum absolute atomic E-state index is 11.5. The zero-order valence-corrected chi connectivity index (χ0v) is 10.3. The second kappa shape index (κ2) is 8.03. The molecule has 0 aliphatic rings. The van der Waals surface area contributed by atoms with Crippen molar-refractivity contribution in [2.24, 2.45) is 11.7 Å². The largest absolute Gasteiger partial charge is 0.479 e. The molecule has 3 atom stereocenters. The van der Waals surface area contributed by atoms with Gasteiger partial charge in [0.1, 0.15) is 0 Å². The van der Waals surface area contributed by atoms with Crippen molar-refractivity contribution in [2.45, 2.75) is 45.3 Å². The van der Waals surface area contributed by atoms with Crippen LogP contribution in [0.4, 0.5) is 0 Å². The Hall–Kier alpha value is -1.14. The van der Waals surface area contributed by atoms with Crippen LogP contribution in [0.1, 0.15) is 33.1 Å². The minimum absolute atomic E-state index is 0.124. The van der Waals surface area contributed by atoms with Crippen LogP contribution in [-0.2, 0) is 9.59 Å². The Morgan fingerprint density at radius 3 is 2.35 bits per heavy atom. The predicted octanol–water partition coefficient (Wildman–Crippen LogP) is -0.298. The van der Waals surface area contributed by atoms with Crippen LogP contribution in [0.15, 0.2) is 0 Å². The molecule has 3 unspecified atom stereocenters. The number of rotatable bonds is 8. The summed E-state index contributed by atoms with van der Waals surface area (Å²) in [5, 5.41) is 19.8. The van der Waals surface area contributed by atoms with E-state index in [0.717, 1.165) is 12.8 Å². The first kappa shape index (κ1) is 15.9. The van der Waals surface area contributed by atoms with E-state index in [0.29, 0.717) is 6.42 Å². The summed E-state index contributed by atoms with van der Waals surface area (Å²) in [7, 11) is 0. The molecule has 6 nitrogen and oxygen atoms in total. The summed E-state index contributed by atoms with van der Waals surface area (Å²) in [6.07, 6.45) is 0.870. The molecule has 0 bridgehead atoms. The van der Waals surface area contributed by atoms with E-state index >= 15 is 0 Å². The highest BCUT2D eigenvalue weighted by atomic mass is 16.4. The van der Waals surface area contributed by atoms with Crippen molar-refractivity contribution in [2.75, 3.05) is 6.54 Å². The van der Waals surface area contributed by atoms with E-state index in [-0.39, 0.29) is 24.4 Å². The first-order valence-electron chi connectivity index (χ1n) is 5.78. The van der Waals surface area contributed by atoms with Crippen molar-refractivity contribution in [3.8, 4) is 0 Å². The van der Waals surface area contributed by atoms with E-state index < -0.39 is 12.1 Å². The molecule has 5 N–H and O–H groups in total. The van der Waals surface area contributed by atoms with Gasteiger partial charge in [0.05, 0.1) is 6.54 Å². The maximum Gasteiger partial charge on any atom is 0.334 e. The van der Waals surface area contributed by atoms with Gasteiger partial charge in [0.15, 0.2) is 6.10 Å². The van der Waals surface area contributed by atoms with Crippen LogP contribution in [0, 0.1) is 5.92 Å². The molecule has 0 heterocycles. The molecule has 0 aromatic heterocycles. The summed E-state index contributed by atoms with van der Waals surface area (Å²) in [6, 6.07) is 0.124. The maximum atomic E-state index is 11.5. The second-order valence-electron chi connectivity index (χ2n) is 4.41. The number of carbonyl (C=O) groups is 2. The fourth-order valence-electron chi connectivity index (χ4n) is 1.34. The number of carboxylic acids is 1. The van der Waals surface area contributed by atoms with Crippen molar-refractivity contribution < 1.29 is 19.8 Å². The van der Waals surface area contributed by atoms with E-state index in [1.165, 1.54) is 0 Å². The highest BCUT2D eigenvalue weighted by molar-refractivity contribution is 5.79. The molecule has 0 aliphatic heterocycles. The average molecular weight is 246 g/mol. The smallest absolute Gasteiger partial charge is 0.334 e. The van der Waals surface area contributed by atoms with Gasteiger partial charge in [-0.1, -0.05) is 13.3 Å². The monoisotopic (exact) mass is 246 g/mol. The van der Waals surface area contributed by atoms with E-state index in [1.54, 1.807) is 6.92 Å². The topological polar surface area (TPSA) is 113 Å². The summed E-state index contributed by atoms with van der Waals surface area (Å²) in [5.41, 5.74) is 5.59. The lowest BCUT2D eigenvalue weighted by molar-refractivity contribution is -0.146. The van der Waals surface area contributed by atoms with Crippen molar-refractivity contribution in [3.05, 3.63) is 0 Å². The molecule has 17 heavy (non-hydrogen) atoms. The fraction of sp³-hybridized carbons (Fsp3) is 0.818. The van der Waals surface area contributed by atoms with Crippen molar-refractivity contribution >= 4 is 11.9 Å². The van der Waals surface area contributed by atoms with Crippen molar-refractivity contribution in [3.63, 3.8) is 0 Å². The molecule has 0 rings (SSSR count). The molecule has 1 amide bonds. The second-order valence-corrected chi connectivity index (χ2v) is 4.41. The minimum Gasteiger partial charge on any atom is -0.479 e. The van der Waals surface area contributed by atoms with Crippen LogP contribution in [-0.4, -0.2) is 40.8 Å². The molecule has 6 heteroatoms. The minimum atomic E-state index is -1.55. The first-order valence-corrected chi connectivity index (χ1v) is 5.78. The van der Waals surface area contributed by atoms with Crippen LogP contribution in [0.5, 0.6) is 0 Å². The van der Waals surface area contributed by atoms with E-state index in [2.05, 4.69) is 5.32 Å². The van der Waals surface area contributed by atoms with Crippen LogP contribution in [0.25, 0.3) is 0 Å². The Morgan fingerprint density at radius 1 is 1.29 bits per heavy atom. The molecule has 100 valence electrons. The summed E-state index contributed by atoms with van der Waals surface area (Å²) < 4.78 is 0. The van der Waals surface area contributed by atoms with E-state index in [4.69, 9.17) is 15.9 Å². The lowest BCUT2D eigenvalue weighted by Gasteiger charge is -2.13. The third-order valence-electron chi connectivity index (χ3n) is 2.50. The molecule has 0 aromatic rings. The van der Waals surface area contributed by atoms with Gasteiger partial charge in [0, 0.05) is 12.0 Å². The van der Waals surface area contributed by atoms with E-state index in [1.807, 2.05) is 6.92 Å². The predicted molar refractivity (Wildman–Crippen MR) is 63.3 cm³/mol. The van der Waals surface area contributed by atoms with Gasteiger partial charge in [-0.25, -0.2) is 4.79 Å². The molecular weight excluding hydrogens is 224 g/mol. The Bertz CT molecular complexity index is 256. The van der Waals surface area contributed by atoms with Gasteiger partial charge in [0.25, 0.3) is 0 Å². The standard InChI is InChI=1S/C11H22N2O4/c1-7(4-3-5-8(2)12)10(15)13-6-9(14)11(16)17/h7-9,14H,3-6,12H2,1-2H3,(H,13,15)(H,16,17). The first-order chi connectivity index (χ1) is 7.84. The van der Waals surface area contributed by atoms with Crippen molar-refractivity contribution in [1.29, 1.82) is 0 Å². The third kappa shape index (κ3) is 7.70. The Balaban J connectivity index is 3.78. The Morgan fingerprint density at radius 2 is 1.88 bits per heavy atom. The highest BCUT2D eigenvalue weighted by Crippen LogP contribution is 2.08. The van der Waals surface area contributed by atoms with Crippen LogP contribution >= 0.6 is 0 Å². The van der Waals surface area contributed by atoms with Gasteiger partial charge < -0.3 is 21.3 Å². The molecule has 0 fully saturated rings. The molecule has 0 aliphatic carbocycles. The zero-order valence-electron chi connectivity index (χ0n) is 10.3. The molecule has 0 radical (unpaired) electrons. The van der Waals surface area contributed by atoms with Gasteiger partial charge in [-0.2, -0.15) is 0 Å². The number of aliphatic hydroxyl groups is 1. The SMILES string of the molecule is CC(N)CCCC(C)C(=O)NCC(O)C(=O)O. The van der Waals surface area contributed by atoms with Gasteiger partial charge >= 0.3 is 5.97 Å². The van der Waals surface area contributed by atoms with E-state index in [9.17, 15) is 9.59 Å². The Kier molecular flexibility index (Phi) is 7.49. The summed E-state index contributed by atoms with van der Waals surface area (Å²) in [4.78, 5) is 21.8. The number of nitrogens with one attached hydrogen (secondary N) is 1. The lowest BCUT2D eigenvalue weighted by atomic mass is 10.0. The number of hydrogen-bond donors (Lipinski definition) is 4. The normalized spacial score (nSPS) is 16.0. The van der Waals surface area contributed by atoms with Crippen LogP contribution < -0.4 is 11.1 Å². The third-order valence-corrected chi connectivity index (χ3v) is 2.50. The lowest BCUT2D eigenvalue weighted by Crippen LogP contribution is -2.38. The number of nitrogens with two attached hydrogens (primary N) is 1.